The van der Waals surface area contributed by atoms with E-state index in [4.69, 9.17) is 11.6 Å². The number of hydrogen-bond acceptors (Lipinski definition) is 2. The maximum absolute atomic E-state index is 13.6. The van der Waals surface area contributed by atoms with Crippen molar-refractivity contribution >= 4 is 23.0 Å². The van der Waals surface area contributed by atoms with E-state index in [0.29, 0.717) is 12.1 Å². The Morgan fingerprint density at radius 2 is 1.82 bits per heavy atom. The monoisotopic (exact) mass is 318 g/mol. The van der Waals surface area contributed by atoms with Gasteiger partial charge in [-0.05, 0) is 43.5 Å². The molecule has 2 nitrogen and oxygen atoms in total. The van der Waals surface area contributed by atoms with Gasteiger partial charge in [0.15, 0.2) is 0 Å². The minimum Gasteiger partial charge on any atom is -0.381 e. The summed E-state index contributed by atoms with van der Waals surface area (Å²) in [5.74, 6) is -0.189. The minimum absolute atomic E-state index is 0.189. The molecule has 22 heavy (non-hydrogen) atoms. The van der Waals surface area contributed by atoms with Crippen molar-refractivity contribution in [3.05, 3.63) is 58.9 Å². The summed E-state index contributed by atoms with van der Waals surface area (Å²) >= 11 is 6.42. The first kappa shape index (κ1) is 15.2. The summed E-state index contributed by atoms with van der Waals surface area (Å²) in [6, 6.07) is 12.8. The van der Waals surface area contributed by atoms with Gasteiger partial charge in [-0.25, -0.2) is 4.39 Å². The number of hydrogen-bond donors (Lipinski definition) is 1. The zero-order valence-electron chi connectivity index (χ0n) is 12.5. The largest absolute Gasteiger partial charge is 0.381 e. The van der Waals surface area contributed by atoms with Crippen molar-refractivity contribution < 1.29 is 4.39 Å². The van der Waals surface area contributed by atoms with Crippen LogP contribution in [0.4, 0.5) is 15.8 Å². The van der Waals surface area contributed by atoms with Crippen LogP contribution < -0.4 is 10.2 Å². The molecule has 0 aromatic heterocycles. The third-order valence-corrected chi connectivity index (χ3v) is 4.39. The van der Waals surface area contributed by atoms with Crippen LogP contribution in [0.1, 0.15) is 24.8 Å². The van der Waals surface area contributed by atoms with E-state index in [9.17, 15) is 4.39 Å². The molecule has 1 aliphatic rings. The summed E-state index contributed by atoms with van der Waals surface area (Å²) in [7, 11) is 0. The van der Waals surface area contributed by atoms with Crippen LogP contribution in [0.2, 0.25) is 5.02 Å². The molecule has 2 aromatic carbocycles. The van der Waals surface area contributed by atoms with Gasteiger partial charge in [0.1, 0.15) is 5.82 Å². The molecule has 1 heterocycles. The Kier molecular flexibility index (Phi) is 4.84. The topological polar surface area (TPSA) is 15.3 Å². The molecule has 0 radical (unpaired) electrons. The highest BCUT2D eigenvalue weighted by molar-refractivity contribution is 6.33. The number of halogens is 2. The van der Waals surface area contributed by atoms with Crippen molar-refractivity contribution in [2.75, 3.05) is 23.3 Å². The Morgan fingerprint density at radius 1 is 1.05 bits per heavy atom. The highest BCUT2D eigenvalue weighted by Gasteiger charge is 2.14. The maximum atomic E-state index is 13.6. The van der Waals surface area contributed by atoms with Crippen LogP contribution in [-0.4, -0.2) is 13.1 Å². The Morgan fingerprint density at radius 3 is 2.55 bits per heavy atom. The first-order chi connectivity index (χ1) is 10.7. The number of rotatable bonds is 4. The van der Waals surface area contributed by atoms with Crippen LogP contribution in [0.15, 0.2) is 42.5 Å². The Hall–Kier alpha value is -1.74. The second-order valence-electron chi connectivity index (χ2n) is 5.66. The molecular formula is C18H20ClFN2. The van der Waals surface area contributed by atoms with Gasteiger partial charge in [-0.15, -0.1) is 0 Å². The van der Waals surface area contributed by atoms with Gasteiger partial charge in [-0.3, -0.25) is 0 Å². The van der Waals surface area contributed by atoms with E-state index >= 15 is 0 Å². The smallest absolute Gasteiger partial charge is 0.128 e. The summed E-state index contributed by atoms with van der Waals surface area (Å²) in [5.41, 5.74) is 2.66. The second-order valence-corrected chi connectivity index (χ2v) is 6.07. The van der Waals surface area contributed by atoms with Gasteiger partial charge in [-0.2, -0.15) is 0 Å². The van der Waals surface area contributed by atoms with E-state index in [0.717, 1.165) is 29.5 Å². The lowest BCUT2D eigenvalue weighted by atomic mass is 10.1. The van der Waals surface area contributed by atoms with E-state index < -0.39 is 0 Å². The van der Waals surface area contributed by atoms with E-state index in [2.05, 4.69) is 16.3 Å². The average molecular weight is 319 g/mol. The van der Waals surface area contributed by atoms with Gasteiger partial charge in [-0.1, -0.05) is 29.8 Å². The van der Waals surface area contributed by atoms with Crippen molar-refractivity contribution in [2.24, 2.45) is 0 Å². The highest BCUT2D eigenvalue weighted by atomic mass is 35.5. The lowest BCUT2D eigenvalue weighted by molar-refractivity contribution is 0.578. The van der Waals surface area contributed by atoms with Gasteiger partial charge in [0, 0.05) is 30.9 Å². The fourth-order valence-corrected chi connectivity index (χ4v) is 3.15. The van der Waals surface area contributed by atoms with Crippen LogP contribution in [0.3, 0.4) is 0 Å². The molecule has 0 bridgehead atoms. The fraction of sp³-hybridized carbons (Fsp3) is 0.333. The van der Waals surface area contributed by atoms with Crippen LogP contribution in [0.25, 0.3) is 0 Å². The van der Waals surface area contributed by atoms with Crippen molar-refractivity contribution in [1.29, 1.82) is 0 Å². The van der Waals surface area contributed by atoms with Gasteiger partial charge in [0.05, 0.1) is 10.7 Å². The van der Waals surface area contributed by atoms with Gasteiger partial charge in [0.2, 0.25) is 0 Å². The molecule has 0 unspecified atom stereocenters. The molecular weight excluding hydrogens is 299 g/mol. The number of nitrogens with one attached hydrogen (secondary N) is 1. The van der Waals surface area contributed by atoms with Crippen LogP contribution in [0.5, 0.6) is 0 Å². The summed E-state index contributed by atoms with van der Waals surface area (Å²) in [6.45, 7) is 2.59. The molecule has 0 spiro atoms. The number of piperidine rings is 1. The first-order valence-electron chi connectivity index (χ1n) is 7.76. The number of nitrogens with zero attached hydrogens (tertiary/aromatic N) is 1. The van der Waals surface area contributed by atoms with Gasteiger partial charge < -0.3 is 10.2 Å². The maximum Gasteiger partial charge on any atom is 0.128 e. The van der Waals surface area contributed by atoms with Crippen molar-refractivity contribution in [3.8, 4) is 0 Å². The SMILES string of the molecule is Fc1ccccc1CNc1ccc(N2CCCCC2)c(Cl)c1. The molecule has 2 aromatic rings. The number of anilines is 2. The van der Waals surface area contributed by atoms with Crippen molar-refractivity contribution in [2.45, 2.75) is 25.8 Å². The summed E-state index contributed by atoms with van der Waals surface area (Å²) in [6.07, 6.45) is 3.75. The predicted octanol–water partition coefficient (Wildman–Crippen LogP) is 5.08. The quantitative estimate of drug-likeness (QED) is 0.845. The molecule has 0 atom stereocenters. The van der Waals surface area contributed by atoms with Crippen molar-refractivity contribution in [3.63, 3.8) is 0 Å². The number of benzene rings is 2. The highest BCUT2D eigenvalue weighted by Crippen LogP contribution is 2.31. The van der Waals surface area contributed by atoms with E-state index in [-0.39, 0.29) is 5.82 Å². The molecule has 0 aliphatic carbocycles. The first-order valence-corrected chi connectivity index (χ1v) is 8.13. The molecule has 0 saturated carbocycles. The normalized spacial score (nSPS) is 14.9. The fourth-order valence-electron chi connectivity index (χ4n) is 2.85. The molecule has 3 rings (SSSR count). The van der Waals surface area contributed by atoms with E-state index in [1.54, 1.807) is 12.1 Å². The molecule has 1 N–H and O–H groups in total. The molecule has 4 heteroatoms. The molecule has 1 aliphatic heterocycles. The predicted molar refractivity (Wildman–Crippen MR) is 91.2 cm³/mol. The minimum atomic E-state index is -0.189. The Bertz CT molecular complexity index is 639. The summed E-state index contributed by atoms with van der Waals surface area (Å²) < 4.78 is 13.6. The lowest BCUT2D eigenvalue weighted by Crippen LogP contribution is -2.29. The van der Waals surface area contributed by atoms with Gasteiger partial charge in [0.25, 0.3) is 0 Å². The Labute approximate surface area is 135 Å². The van der Waals surface area contributed by atoms with E-state index in [1.807, 2.05) is 18.2 Å². The standard InChI is InChI=1S/C18H20ClFN2/c19-16-12-15(21-13-14-6-2-3-7-17(14)20)8-9-18(16)22-10-4-1-5-11-22/h2-3,6-9,12,21H,1,4-5,10-11,13H2. The van der Waals surface area contributed by atoms with E-state index in [1.165, 1.54) is 25.3 Å². The average Bonchev–Trinajstić information content (AvgIpc) is 2.55. The van der Waals surface area contributed by atoms with Crippen LogP contribution in [0, 0.1) is 5.82 Å². The third-order valence-electron chi connectivity index (χ3n) is 4.09. The molecule has 116 valence electrons. The van der Waals surface area contributed by atoms with Gasteiger partial charge >= 0.3 is 0 Å². The molecule has 1 saturated heterocycles. The third kappa shape index (κ3) is 3.53. The zero-order valence-corrected chi connectivity index (χ0v) is 13.2. The lowest BCUT2D eigenvalue weighted by Gasteiger charge is -2.29. The molecule has 0 amide bonds. The zero-order chi connectivity index (χ0) is 15.4. The van der Waals surface area contributed by atoms with Crippen LogP contribution >= 0.6 is 11.6 Å². The molecule has 1 fully saturated rings. The second kappa shape index (κ2) is 7.01. The Balaban J connectivity index is 1.68. The van der Waals surface area contributed by atoms with Crippen molar-refractivity contribution in [1.82, 2.24) is 0 Å². The summed E-state index contributed by atoms with van der Waals surface area (Å²) in [5, 5.41) is 3.98. The summed E-state index contributed by atoms with van der Waals surface area (Å²) in [4.78, 5) is 2.34. The van der Waals surface area contributed by atoms with Crippen LogP contribution in [-0.2, 0) is 6.54 Å².